The van der Waals surface area contributed by atoms with Gasteiger partial charge >= 0.3 is 0 Å². The SMILES string of the molecule is Cc1cnc(N)c(C(O)CCOCC(F)F)c1. The van der Waals surface area contributed by atoms with Crippen LogP contribution < -0.4 is 5.73 Å². The molecule has 1 aromatic rings. The Morgan fingerprint density at radius 1 is 1.53 bits per heavy atom. The standard InChI is InChI=1S/C11H16F2N2O2/c1-7-4-8(11(14)15-5-7)9(16)2-3-17-6-10(12)13/h4-5,9-10,16H,2-3,6H2,1H3,(H2,14,15). The lowest BCUT2D eigenvalue weighted by Gasteiger charge is -2.13. The lowest BCUT2D eigenvalue weighted by atomic mass is 10.1. The molecule has 0 fully saturated rings. The second kappa shape index (κ2) is 6.46. The number of aryl methyl sites for hydroxylation is 1. The van der Waals surface area contributed by atoms with Crippen LogP contribution in [0.1, 0.15) is 23.7 Å². The Kier molecular flexibility index (Phi) is 5.24. The molecule has 1 aromatic heterocycles. The molecule has 1 heterocycles. The summed E-state index contributed by atoms with van der Waals surface area (Å²) in [7, 11) is 0. The third-order valence-electron chi connectivity index (χ3n) is 2.22. The number of nitrogens with two attached hydrogens (primary N) is 1. The topological polar surface area (TPSA) is 68.4 Å². The zero-order valence-corrected chi connectivity index (χ0v) is 9.57. The third kappa shape index (κ3) is 4.62. The van der Waals surface area contributed by atoms with Crippen LogP contribution in [-0.2, 0) is 4.74 Å². The van der Waals surface area contributed by atoms with Crippen LogP contribution in [0.4, 0.5) is 14.6 Å². The molecule has 1 unspecified atom stereocenters. The van der Waals surface area contributed by atoms with E-state index >= 15 is 0 Å². The van der Waals surface area contributed by atoms with E-state index in [1.807, 2.05) is 6.92 Å². The van der Waals surface area contributed by atoms with Crippen LogP contribution in [0, 0.1) is 6.92 Å². The number of aromatic nitrogens is 1. The molecule has 96 valence electrons. The van der Waals surface area contributed by atoms with Gasteiger partial charge in [-0.25, -0.2) is 13.8 Å². The second-order valence-corrected chi connectivity index (χ2v) is 3.76. The highest BCUT2D eigenvalue weighted by Crippen LogP contribution is 2.22. The van der Waals surface area contributed by atoms with E-state index in [-0.39, 0.29) is 18.8 Å². The molecule has 0 aromatic carbocycles. The molecular formula is C11H16F2N2O2. The summed E-state index contributed by atoms with van der Waals surface area (Å²) in [5, 5.41) is 9.80. The summed E-state index contributed by atoms with van der Waals surface area (Å²) in [5.74, 6) is 0.247. The quantitative estimate of drug-likeness (QED) is 0.749. The largest absolute Gasteiger partial charge is 0.388 e. The Balaban J connectivity index is 2.46. The van der Waals surface area contributed by atoms with E-state index in [1.54, 1.807) is 12.3 Å². The third-order valence-corrected chi connectivity index (χ3v) is 2.22. The molecule has 0 aliphatic heterocycles. The van der Waals surface area contributed by atoms with Crippen LogP contribution in [0.3, 0.4) is 0 Å². The summed E-state index contributed by atoms with van der Waals surface area (Å²) in [5.41, 5.74) is 6.99. The zero-order chi connectivity index (χ0) is 12.8. The van der Waals surface area contributed by atoms with Crippen LogP contribution in [0.2, 0.25) is 0 Å². The average Bonchev–Trinajstić information content (AvgIpc) is 2.27. The first-order valence-corrected chi connectivity index (χ1v) is 5.26. The van der Waals surface area contributed by atoms with Gasteiger partial charge in [-0.3, -0.25) is 0 Å². The van der Waals surface area contributed by atoms with E-state index in [2.05, 4.69) is 9.72 Å². The van der Waals surface area contributed by atoms with Gasteiger partial charge in [0.25, 0.3) is 6.43 Å². The van der Waals surface area contributed by atoms with Crippen molar-refractivity contribution in [2.45, 2.75) is 25.9 Å². The Morgan fingerprint density at radius 2 is 2.24 bits per heavy atom. The van der Waals surface area contributed by atoms with Gasteiger partial charge in [0.1, 0.15) is 12.4 Å². The van der Waals surface area contributed by atoms with Gasteiger partial charge in [0.05, 0.1) is 6.10 Å². The van der Waals surface area contributed by atoms with E-state index in [0.717, 1.165) is 5.56 Å². The minimum Gasteiger partial charge on any atom is -0.388 e. The summed E-state index contributed by atoms with van der Waals surface area (Å²) >= 11 is 0. The molecule has 1 atom stereocenters. The molecule has 0 aliphatic carbocycles. The molecule has 1 rings (SSSR count). The number of hydrogen-bond donors (Lipinski definition) is 2. The highest BCUT2D eigenvalue weighted by atomic mass is 19.3. The number of anilines is 1. The van der Waals surface area contributed by atoms with Crippen molar-refractivity contribution in [2.24, 2.45) is 0 Å². The fraction of sp³-hybridized carbons (Fsp3) is 0.545. The number of nitrogen functional groups attached to an aromatic ring is 1. The van der Waals surface area contributed by atoms with Crippen LogP contribution in [0.25, 0.3) is 0 Å². The van der Waals surface area contributed by atoms with E-state index < -0.39 is 19.1 Å². The number of nitrogens with zero attached hydrogens (tertiary/aromatic N) is 1. The predicted octanol–water partition coefficient (Wildman–Crippen LogP) is 1.68. The first-order chi connectivity index (χ1) is 8.00. The predicted molar refractivity (Wildman–Crippen MR) is 59.8 cm³/mol. The van der Waals surface area contributed by atoms with Crippen LogP contribution in [0.5, 0.6) is 0 Å². The number of rotatable bonds is 6. The van der Waals surface area contributed by atoms with Crippen molar-refractivity contribution in [1.82, 2.24) is 4.98 Å². The maximum Gasteiger partial charge on any atom is 0.261 e. The Morgan fingerprint density at radius 3 is 2.88 bits per heavy atom. The smallest absolute Gasteiger partial charge is 0.261 e. The molecule has 17 heavy (non-hydrogen) atoms. The maximum atomic E-state index is 11.8. The molecule has 0 bridgehead atoms. The van der Waals surface area contributed by atoms with E-state index in [4.69, 9.17) is 5.73 Å². The Bertz CT molecular complexity index is 361. The van der Waals surface area contributed by atoms with Gasteiger partial charge < -0.3 is 15.6 Å². The van der Waals surface area contributed by atoms with Gasteiger partial charge in [-0.15, -0.1) is 0 Å². The number of aliphatic hydroxyl groups excluding tert-OH is 1. The first-order valence-electron chi connectivity index (χ1n) is 5.26. The molecule has 0 saturated heterocycles. The molecule has 6 heteroatoms. The molecule has 0 spiro atoms. The van der Waals surface area contributed by atoms with Crippen molar-refractivity contribution in [3.05, 3.63) is 23.4 Å². The number of halogens is 2. The van der Waals surface area contributed by atoms with Crippen LogP contribution in [-0.4, -0.2) is 29.7 Å². The number of aliphatic hydroxyl groups is 1. The highest BCUT2D eigenvalue weighted by Gasteiger charge is 2.12. The number of ether oxygens (including phenoxy) is 1. The molecule has 0 aliphatic rings. The Labute approximate surface area is 98.4 Å². The van der Waals surface area contributed by atoms with E-state index in [0.29, 0.717) is 5.56 Å². The van der Waals surface area contributed by atoms with Crippen molar-refractivity contribution in [3.8, 4) is 0 Å². The second-order valence-electron chi connectivity index (χ2n) is 3.76. The minimum absolute atomic E-state index is 0.0545. The summed E-state index contributed by atoms with van der Waals surface area (Å²) in [6.45, 7) is 1.27. The summed E-state index contributed by atoms with van der Waals surface area (Å²) in [6.07, 6.45) is -1.53. The zero-order valence-electron chi connectivity index (χ0n) is 9.57. The van der Waals surface area contributed by atoms with Gasteiger partial charge in [0, 0.05) is 24.8 Å². The Hall–Kier alpha value is -1.27. The highest BCUT2D eigenvalue weighted by molar-refractivity contribution is 5.42. The van der Waals surface area contributed by atoms with Gasteiger partial charge in [-0.2, -0.15) is 0 Å². The van der Waals surface area contributed by atoms with Gasteiger partial charge in [-0.1, -0.05) is 0 Å². The molecular weight excluding hydrogens is 230 g/mol. The van der Waals surface area contributed by atoms with Crippen LogP contribution in [0.15, 0.2) is 12.3 Å². The van der Waals surface area contributed by atoms with E-state index in [1.165, 1.54) is 0 Å². The summed E-state index contributed by atoms with van der Waals surface area (Å²) in [4.78, 5) is 3.91. The number of alkyl halides is 2. The lowest BCUT2D eigenvalue weighted by Crippen LogP contribution is -2.10. The lowest BCUT2D eigenvalue weighted by molar-refractivity contribution is 0.00485. The fourth-order valence-electron chi connectivity index (χ4n) is 1.39. The van der Waals surface area contributed by atoms with Crippen molar-refractivity contribution < 1.29 is 18.6 Å². The van der Waals surface area contributed by atoms with E-state index in [9.17, 15) is 13.9 Å². The number of pyridine rings is 1. The van der Waals surface area contributed by atoms with Crippen molar-refractivity contribution in [1.29, 1.82) is 0 Å². The molecule has 0 amide bonds. The normalized spacial score (nSPS) is 13.0. The first kappa shape index (κ1) is 13.8. The monoisotopic (exact) mass is 246 g/mol. The molecule has 3 N–H and O–H groups in total. The maximum absolute atomic E-state index is 11.8. The number of hydrogen-bond acceptors (Lipinski definition) is 4. The minimum atomic E-state index is -2.49. The van der Waals surface area contributed by atoms with Gasteiger partial charge in [0.15, 0.2) is 0 Å². The summed E-state index contributed by atoms with van der Waals surface area (Å²) in [6, 6.07) is 1.72. The molecule has 0 saturated carbocycles. The van der Waals surface area contributed by atoms with Crippen molar-refractivity contribution >= 4 is 5.82 Å². The van der Waals surface area contributed by atoms with Crippen molar-refractivity contribution in [2.75, 3.05) is 18.9 Å². The van der Waals surface area contributed by atoms with Crippen molar-refractivity contribution in [3.63, 3.8) is 0 Å². The fourth-order valence-corrected chi connectivity index (χ4v) is 1.39. The van der Waals surface area contributed by atoms with Gasteiger partial charge in [0.2, 0.25) is 0 Å². The summed E-state index contributed by atoms with van der Waals surface area (Å²) < 4.78 is 28.2. The molecule has 0 radical (unpaired) electrons. The molecule has 4 nitrogen and oxygen atoms in total. The van der Waals surface area contributed by atoms with Gasteiger partial charge in [-0.05, 0) is 18.6 Å². The average molecular weight is 246 g/mol. The van der Waals surface area contributed by atoms with Crippen LogP contribution >= 0.6 is 0 Å².